The number of carbonyl (C=O) groups is 1. The number of hydrogen-bond donors (Lipinski definition) is 1. The molecule has 0 aromatic carbocycles. The standard InChI is InChI=1S/C14H17N5O2/c1-10-8-19(9-11(2)21-10)13(20)12(6-15)7-18-14-16-4-3-5-17-14/h3-5,7,10-11H,8-9H2,1-2H3,(H,16,17,18)/b12-7-. The molecule has 0 spiro atoms. The third-order valence-electron chi connectivity index (χ3n) is 2.97. The van der Waals surface area contributed by atoms with Crippen LogP contribution in [0.3, 0.4) is 0 Å². The topological polar surface area (TPSA) is 91.1 Å². The first-order valence-electron chi connectivity index (χ1n) is 6.68. The first kappa shape index (κ1) is 14.9. The molecule has 1 aliphatic rings. The zero-order valence-electron chi connectivity index (χ0n) is 12.0. The van der Waals surface area contributed by atoms with Crippen molar-refractivity contribution < 1.29 is 9.53 Å². The van der Waals surface area contributed by atoms with Gasteiger partial charge in [0.2, 0.25) is 5.95 Å². The van der Waals surface area contributed by atoms with Crippen LogP contribution in [0.5, 0.6) is 0 Å². The van der Waals surface area contributed by atoms with Gasteiger partial charge in [0.1, 0.15) is 11.6 Å². The van der Waals surface area contributed by atoms with Gasteiger partial charge in [-0.3, -0.25) is 4.79 Å². The molecule has 110 valence electrons. The van der Waals surface area contributed by atoms with Crippen LogP contribution in [-0.2, 0) is 9.53 Å². The van der Waals surface area contributed by atoms with Crippen LogP contribution in [0, 0.1) is 11.3 Å². The molecule has 1 saturated heterocycles. The maximum absolute atomic E-state index is 12.3. The van der Waals surface area contributed by atoms with Gasteiger partial charge in [-0.05, 0) is 19.9 Å². The lowest BCUT2D eigenvalue weighted by atomic mass is 10.2. The van der Waals surface area contributed by atoms with Crippen LogP contribution in [-0.4, -0.2) is 46.1 Å². The number of nitrogens with zero attached hydrogens (tertiary/aromatic N) is 4. The summed E-state index contributed by atoms with van der Waals surface area (Å²) in [6.45, 7) is 4.76. The number of hydrogen-bond acceptors (Lipinski definition) is 6. The average molecular weight is 287 g/mol. The molecule has 1 aromatic rings. The molecule has 7 heteroatoms. The van der Waals surface area contributed by atoms with Crippen molar-refractivity contribution in [3.8, 4) is 6.07 Å². The summed E-state index contributed by atoms with van der Waals surface area (Å²) < 4.78 is 5.58. The van der Waals surface area contributed by atoms with Crippen molar-refractivity contribution in [3.05, 3.63) is 30.2 Å². The van der Waals surface area contributed by atoms with Crippen molar-refractivity contribution in [2.45, 2.75) is 26.1 Å². The number of aromatic nitrogens is 2. The third kappa shape index (κ3) is 4.00. The van der Waals surface area contributed by atoms with Gasteiger partial charge in [-0.25, -0.2) is 9.97 Å². The van der Waals surface area contributed by atoms with Crippen LogP contribution in [0.2, 0.25) is 0 Å². The SMILES string of the molecule is CC1CN(C(=O)/C(C#N)=C\Nc2ncccn2)CC(C)O1. The fourth-order valence-corrected chi connectivity index (χ4v) is 2.17. The highest BCUT2D eigenvalue weighted by Gasteiger charge is 2.27. The Balaban J connectivity index is 2.06. The molecule has 7 nitrogen and oxygen atoms in total. The third-order valence-corrected chi connectivity index (χ3v) is 2.97. The first-order chi connectivity index (χ1) is 10.1. The van der Waals surface area contributed by atoms with Gasteiger partial charge in [0, 0.05) is 31.7 Å². The van der Waals surface area contributed by atoms with E-state index in [1.54, 1.807) is 23.4 Å². The van der Waals surface area contributed by atoms with Crippen LogP contribution >= 0.6 is 0 Å². The molecule has 1 aromatic heterocycles. The maximum atomic E-state index is 12.3. The van der Waals surface area contributed by atoms with Crippen molar-refractivity contribution in [2.75, 3.05) is 18.4 Å². The molecule has 1 fully saturated rings. The molecule has 2 atom stereocenters. The summed E-state index contributed by atoms with van der Waals surface area (Å²) >= 11 is 0. The van der Waals surface area contributed by atoms with Crippen molar-refractivity contribution >= 4 is 11.9 Å². The fourth-order valence-electron chi connectivity index (χ4n) is 2.17. The number of nitriles is 1. The average Bonchev–Trinajstić information content (AvgIpc) is 2.47. The van der Waals surface area contributed by atoms with Gasteiger partial charge in [-0.1, -0.05) is 0 Å². The Morgan fingerprint density at radius 3 is 2.62 bits per heavy atom. The predicted octanol–water partition coefficient (Wildman–Crippen LogP) is 0.932. The number of carbonyl (C=O) groups excluding carboxylic acids is 1. The molecule has 21 heavy (non-hydrogen) atoms. The zero-order chi connectivity index (χ0) is 15.2. The molecule has 2 rings (SSSR count). The van der Waals surface area contributed by atoms with E-state index >= 15 is 0 Å². The lowest BCUT2D eigenvalue weighted by molar-refractivity contribution is -0.138. The van der Waals surface area contributed by atoms with Gasteiger partial charge in [0.15, 0.2) is 0 Å². The van der Waals surface area contributed by atoms with E-state index < -0.39 is 0 Å². The Morgan fingerprint density at radius 1 is 1.43 bits per heavy atom. The van der Waals surface area contributed by atoms with Crippen LogP contribution in [0.25, 0.3) is 0 Å². The summed E-state index contributed by atoms with van der Waals surface area (Å²) in [7, 11) is 0. The van der Waals surface area contributed by atoms with E-state index in [1.807, 2.05) is 19.9 Å². The van der Waals surface area contributed by atoms with E-state index in [1.165, 1.54) is 6.20 Å². The summed E-state index contributed by atoms with van der Waals surface area (Å²) in [4.78, 5) is 21.9. The van der Waals surface area contributed by atoms with Crippen molar-refractivity contribution in [2.24, 2.45) is 0 Å². The van der Waals surface area contributed by atoms with Gasteiger partial charge in [0.05, 0.1) is 12.2 Å². The maximum Gasteiger partial charge on any atom is 0.266 e. The largest absolute Gasteiger partial charge is 0.372 e. The second-order valence-corrected chi connectivity index (χ2v) is 4.85. The Hall–Kier alpha value is -2.46. The molecule has 1 amide bonds. The van der Waals surface area contributed by atoms with E-state index in [-0.39, 0.29) is 23.7 Å². The minimum Gasteiger partial charge on any atom is -0.372 e. The number of morpholine rings is 1. The van der Waals surface area contributed by atoms with E-state index in [0.29, 0.717) is 19.0 Å². The monoisotopic (exact) mass is 287 g/mol. The van der Waals surface area contributed by atoms with E-state index in [0.717, 1.165) is 0 Å². The second-order valence-electron chi connectivity index (χ2n) is 4.85. The number of ether oxygens (including phenoxy) is 1. The van der Waals surface area contributed by atoms with Gasteiger partial charge in [-0.15, -0.1) is 0 Å². The Bertz CT molecular complexity index is 556. The highest BCUT2D eigenvalue weighted by molar-refractivity contribution is 5.97. The minimum atomic E-state index is -0.317. The lowest BCUT2D eigenvalue weighted by Gasteiger charge is -2.35. The first-order valence-corrected chi connectivity index (χ1v) is 6.68. The number of amides is 1. The van der Waals surface area contributed by atoms with E-state index in [2.05, 4.69) is 15.3 Å². The molecule has 0 bridgehead atoms. The second kappa shape index (κ2) is 6.81. The summed E-state index contributed by atoms with van der Waals surface area (Å²) in [5.41, 5.74) is 0.0174. The zero-order valence-corrected chi connectivity index (χ0v) is 12.0. The molecule has 0 radical (unpaired) electrons. The van der Waals surface area contributed by atoms with Gasteiger partial charge in [-0.2, -0.15) is 5.26 Å². The molecular formula is C14H17N5O2. The summed E-state index contributed by atoms with van der Waals surface area (Å²) in [6, 6.07) is 3.59. The predicted molar refractivity (Wildman–Crippen MR) is 75.9 cm³/mol. The van der Waals surface area contributed by atoms with Crippen LogP contribution in [0.4, 0.5) is 5.95 Å². The van der Waals surface area contributed by atoms with Crippen molar-refractivity contribution in [3.63, 3.8) is 0 Å². The van der Waals surface area contributed by atoms with Gasteiger partial charge in [0.25, 0.3) is 5.91 Å². The van der Waals surface area contributed by atoms with E-state index in [4.69, 9.17) is 10.00 Å². The smallest absolute Gasteiger partial charge is 0.266 e. The van der Waals surface area contributed by atoms with Gasteiger partial charge >= 0.3 is 0 Å². The van der Waals surface area contributed by atoms with Crippen molar-refractivity contribution in [1.29, 1.82) is 5.26 Å². The van der Waals surface area contributed by atoms with Crippen LogP contribution in [0.1, 0.15) is 13.8 Å². The van der Waals surface area contributed by atoms with Gasteiger partial charge < -0.3 is 15.0 Å². The Labute approximate surface area is 123 Å². The molecular weight excluding hydrogens is 270 g/mol. The highest BCUT2D eigenvalue weighted by Crippen LogP contribution is 2.13. The van der Waals surface area contributed by atoms with Crippen LogP contribution in [0.15, 0.2) is 30.2 Å². The minimum absolute atomic E-state index is 0.0174. The molecule has 1 aliphatic heterocycles. The Kier molecular flexibility index (Phi) is 4.85. The van der Waals surface area contributed by atoms with Crippen molar-refractivity contribution in [1.82, 2.24) is 14.9 Å². The normalized spacial score (nSPS) is 22.5. The highest BCUT2D eigenvalue weighted by atomic mass is 16.5. The molecule has 2 unspecified atom stereocenters. The molecule has 2 heterocycles. The number of rotatable bonds is 3. The number of nitrogens with one attached hydrogen (secondary N) is 1. The summed E-state index contributed by atoms with van der Waals surface area (Å²) in [5, 5.41) is 11.9. The molecule has 1 N–H and O–H groups in total. The molecule has 0 aliphatic carbocycles. The van der Waals surface area contributed by atoms with E-state index in [9.17, 15) is 4.79 Å². The summed E-state index contributed by atoms with van der Waals surface area (Å²) in [5.74, 6) is 0.0182. The quantitative estimate of drug-likeness (QED) is 0.657. The fraction of sp³-hybridized carbons (Fsp3) is 0.429. The van der Waals surface area contributed by atoms with Crippen LogP contribution < -0.4 is 5.32 Å². The molecule has 0 saturated carbocycles. The lowest BCUT2D eigenvalue weighted by Crippen LogP contribution is -2.48. The Morgan fingerprint density at radius 2 is 2.05 bits per heavy atom. The number of anilines is 1. The summed E-state index contributed by atoms with van der Waals surface area (Å²) in [6.07, 6.45) is 4.40.